The van der Waals surface area contributed by atoms with Gasteiger partial charge in [0.2, 0.25) is 0 Å². The summed E-state index contributed by atoms with van der Waals surface area (Å²) in [6.45, 7) is 4.86. The average Bonchev–Trinajstić information content (AvgIpc) is 2.90. The van der Waals surface area contributed by atoms with Gasteiger partial charge in [-0.05, 0) is 46.2 Å². The Morgan fingerprint density at radius 3 is 1.78 bits per heavy atom. The normalized spacial score (nSPS) is 21.2. The summed E-state index contributed by atoms with van der Waals surface area (Å²) in [5.74, 6) is 0. The Bertz CT molecular complexity index is 170. The van der Waals surface area contributed by atoms with Crippen molar-refractivity contribution in [2.24, 2.45) is 0 Å². The number of likely N-dealkylation sites (N-methyl/N-ethyl adjacent to an activating group) is 1. The Morgan fingerprint density at radius 1 is 1.06 bits per heavy atom. The maximum absolute atomic E-state index is 5.08. The SMILES string of the molecule is CC.CNC1(COC)CCC1.CNC1CCCC1. The minimum Gasteiger partial charge on any atom is -0.383 e. The topological polar surface area (TPSA) is 33.3 Å². The molecule has 2 fully saturated rings. The summed E-state index contributed by atoms with van der Waals surface area (Å²) >= 11 is 0. The van der Waals surface area contributed by atoms with Crippen molar-refractivity contribution in [1.29, 1.82) is 0 Å². The number of methoxy groups -OCH3 is 1. The van der Waals surface area contributed by atoms with Crippen molar-refractivity contribution in [3.05, 3.63) is 0 Å². The highest BCUT2D eigenvalue weighted by Crippen LogP contribution is 2.31. The van der Waals surface area contributed by atoms with Gasteiger partial charge in [-0.3, -0.25) is 0 Å². The van der Waals surface area contributed by atoms with E-state index in [1.807, 2.05) is 20.9 Å². The molecule has 0 aromatic rings. The maximum Gasteiger partial charge on any atom is 0.0644 e. The van der Waals surface area contributed by atoms with E-state index in [1.54, 1.807) is 7.11 Å². The predicted molar refractivity (Wildman–Crippen MR) is 80.2 cm³/mol. The highest BCUT2D eigenvalue weighted by molar-refractivity contribution is 4.94. The minimum absolute atomic E-state index is 0.342. The predicted octanol–water partition coefficient (Wildman–Crippen LogP) is 2.95. The molecule has 2 saturated carbocycles. The van der Waals surface area contributed by atoms with E-state index in [2.05, 4.69) is 17.7 Å². The molecular weight excluding hydrogens is 224 g/mol. The van der Waals surface area contributed by atoms with Gasteiger partial charge in [0.1, 0.15) is 0 Å². The maximum atomic E-state index is 5.08. The summed E-state index contributed by atoms with van der Waals surface area (Å²) in [5, 5.41) is 6.55. The zero-order valence-electron chi connectivity index (χ0n) is 13.1. The molecule has 0 radical (unpaired) electrons. The van der Waals surface area contributed by atoms with E-state index >= 15 is 0 Å². The fraction of sp³-hybridized carbons (Fsp3) is 1.00. The van der Waals surface area contributed by atoms with Crippen molar-refractivity contribution >= 4 is 0 Å². The first-order valence-electron chi connectivity index (χ1n) is 7.61. The van der Waals surface area contributed by atoms with Crippen LogP contribution in [0, 0.1) is 0 Å². The Labute approximate surface area is 114 Å². The van der Waals surface area contributed by atoms with E-state index in [9.17, 15) is 0 Å². The van der Waals surface area contributed by atoms with Gasteiger partial charge in [0.05, 0.1) is 6.61 Å². The lowest BCUT2D eigenvalue weighted by Crippen LogP contribution is -2.52. The van der Waals surface area contributed by atoms with E-state index in [0.717, 1.165) is 12.6 Å². The molecule has 0 unspecified atom stereocenters. The molecular formula is C15H34N2O. The molecule has 0 spiro atoms. The van der Waals surface area contributed by atoms with Crippen molar-refractivity contribution in [2.45, 2.75) is 70.4 Å². The Hall–Kier alpha value is -0.120. The summed E-state index contributed by atoms with van der Waals surface area (Å²) in [6.07, 6.45) is 9.57. The van der Waals surface area contributed by atoms with Gasteiger partial charge in [0.15, 0.2) is 0 Å². The van der Waals surface area contributed by atoms with Crippen LogP contribution in [0.2, 0.25) is 0 Å². The van der Waals surface area contributed by atoms with Gasteiger partial charge < -0.3 is 15.4 Å². The van der Waals surface area contributed by atoms with Crippen molar-refractivity contribution in [2.75, 3.05) is 27.8 Å². The van der Waals surface area contributed by atoms with Crippen LogP contribution >= 0.6 is 0 Å². The molecule has 0 amide bonds. The zero-order chi connectivity index (χ0) is 13.9. The molecule has 0 aromatic carbocycles. The van der Waals surface area contributed by atoms with E-state index < -0.39 is 0 Å². The molecule has 3 nitrogen and oxygen atoms in total. The summed E-state index contributed by atoms with van der Waals surface area (Å²) in [5.41, 5.74) is 0.342. The van der Waals surface area contributed by atoms with Crippen LogP contribution in [-0.2, 0) is 4.74 Å². The molecule has 0 atom stereocenters. The lowest BCUT2D eigenvalue weighted by Gasteiger charge is -2.41. The van der Waals surface area contributed by atoms with Crippen LogP contribution in [0.4, 0.5) is 0 Å². The van der Waals surface area contributed by atoms with E-state index in [-0.39, 0.29) is 0 Å². The molecule has 2 rings (SSSR count). The molecule has 110 valence electrons. The minimum atomic E-state index is 0.342. The second-order valence-corrected chi connectivity index (χ2v) is 5.09. The second kappa shape index (κ2) is 10.8. The fourth-order valence-electron chi connectivity index (χ4n) is 2.56. The van der Waals surface area contributed by atoms with Crippen LogP contribution in [0.1, 0.15) is 58.8 Å². The van der Waals surface area contributed by atoms with Gasteiger partial charge in [-0.2, -0.15) is 0 Å². The van der Waals surface area contributed by atoms with Gasteiger partial charge in [-0.1, -0.05) is 26.7 Å². The second-order valence-electron chi connectivity index (χ2n) is 5.09. The summed E-state index contributed by atoms with van der Waals surface area (Å²) in [7, 11) is 5.82. The van der Waals surface area contributed by atoms with Crippen molar-refractivity contribution in [1.82, 2.24) is 10.6 Å². The monoisotopic (exact) mass is 258 g/mol. The molecule has 2 aliphatic rings. The lowest BCUT2D eigenvalue weighted by atomic mass is 9.78. The number of rotatable bonds is 4. The first-order valence-corrected chi connectivity index (χ1v) is 7.61. The van der Waals surface area contributed by atoms with Crippen molar-refractivity contribution in [3.63, 3.8) is 0 Å². The molecule has 0 heterocycles. The number of nitrogens with one attached hydrogen (secondary N) is 2. The highest BCUT2D eigenvalue weighted by Gasteiger charge is 2.34. The van der Waals surface area contributed by atoms with Gasteiger partial charge >= 0.3 is 0 Å². The first-order chi connectivity index (χ1) is 8.76. The van der Waals surface area contributed by atoms with Crippen LogP contribution in [0.15, 0.2) is 0 Å². The molecule has 2 N–H and O–H groups in total. The van der Waals surface area contributed by atoms with Crippen molar-refractivity contribution in [3.8, 4) is 0 Å². The van der Waals surface area contributed by atoms with Gasteiger partial charge in [-0.15, -0.1) is 0 Å². The Balaban J connectivity index is 0.000000289. The van der Waals surface area contributed by atoms with Crippen LogP contribution in [0.25, 0.3) is 0 Å². The van der Waals surface area contributed by atoms with Gasteiger partial charge in [0.25, 0.3) is 0 Å². The third-order valence-electron chi connectivity index (χ3n) is 4.03. The van der Waals surface area contributed by atoms with Crippen LogP contribution in [0.5, 0.6) is 0 Å². The quantitative estimate of drug-likeness (QED) is 0.813. The standard InChI is InChI=1S/C7H15NO.C6H13N.C2H6/c1-8-7(6-9-2)4-3-5-7;1-7-6-4-2-3-5-6;1-2/h8H,3-6H2,1-2H3;6-7H,2-5H2,1H3;1-2H3. The van der Waals surface area contributed by atoms with Crippen molar-refractivity contribution < 1.29 is 4.74 Å². The zero-order valence-corrected chi connectivity index (χ0v) is 13.1. The number of ether oxygens (including phenoxy) is 1. The highest BCUT2D eigenvalue weighted by atomic mass is 16.5. The fourth-order valence-corrected chi connectivity index (χ4v) is 2.56. The van der Waals surface area contributed by atoms with Crippen LogP contribution in [-0.4, -0.2) is 39.4 Å². The number of hydrogen-bond acceptors (Lipinski definition) is 3. The summed E-state index contributed by atoms with van der Waals surface area (Å²) < 4.78 is 5.08. The van der Waals surface area contributed by atoms with E-state index in [1.165, 1.54) is 44.9 Å². The molecule has 0 aromatic heterocycles. The number of hydrogen-bond donors (Lipinski definition) is 2. The smallest absolute Gasteiger partial charge is 0.0644 e. The third kappa shape index (κ3) is 6.17. The molecule has 2 aliphatic carbocycles. The molecule has 0 bridgehead atoms. The summed E-state index contributed by atoms with van der Waals surface area (Å²) in [4.78, 5) is 0. The van der Waals surface area contributed by atoms with Gasteiger partial charge in [-0.25, -0.2) is 0 Å². The van der Waals surface area contributed by atoms with Crippen LogP contribution in [0.3, 0.4) is 0 Å². The van der Waals surface area contributed by atoms with Crippen LogP contribution < -0.4 is 10.6 Å². The molecule has 18 heavy (non-hydrogen) atoms. The third-order valence-corrected chi connectivity index (χ3v) is 4.03. The van der Waals surface area contributed by atoms with Gasteiger partial charge in [0, 0.05) is 18.7 Å². The van der Waals surface area contributed by atoms with E-state index in [4.69, 9.17) is 4.74 Å². The Morgan fingerprint density at radius 2 is 1.61 bits per heavy atom. The first kappa shape index (κ1) is 17.9. The molecule has 0 saturated heterocycles. The lowest BCUT2D eigenvalue weighted by molar-refractivity contribution is 0.0622. The average molecular weight is 258 g/mol. The van der Waals surface area contributed by atoms with E-state index in [0.29, 0.717) is 5.54 Å². The largest absolute Gasteiger partial charge is 0.383 e. The summed E-state index contributed by atoms with van der Waals surface area (Å²) in [6, 6.07) is 0.847. The molecule has 3 heteroatoms. The molecule has 0 aliphatic heterocycles. The Kier molecular flexibility index (Phi) is 10.7.